The molecule has 0 amide bonds. The normalized spacial score (nSPS) is 21.4. The van der Waals surface area contributed by atoms with Crippen LogP contribution in [0.2, 0.25) is 0 Å². The number of carbonyl (C=O) groups is 1. The minimum Gasteiger partial charge on any atom is -0.493 e. The molecular formula is C25H30O10. The second-order valence-electron chi connectivity index (χ2n) is 8.25. The average molecular weight is 491 g/mol. The van der Waals surface area contributed by atoms with E-state index in [4.69, 9.17) is 37.9 Å². The van der Waals surface area contributed by atoms with E-state index in [9.17, 15) is 9.90 Å². The van der Waals surface area contributed by atoms with Crippen LogP contribution in [0.15, 0.2) is 24.3 Å². The number of aliphatic hydroxyl groups is 1. The average Bonchev–Trinajstić information content (AvgIpc) is 3.48. The molecule has 10 nitrogen and oxygen atoms in total. The Labute approximate surface area is 203 Å². The summed E-state index contributed by atoms with van der Waals surface area (Å²) in [6.45, 7) is 1.65. The number of hydrogen-bond acceptors (Lipinski definition) is 10. The zero-order valence-corrected chi connectivity index (χ0v) is 20.4. The Morgan fingerprint density at radius 3 is 2.20 bits per heavy atom. The maximum absolute atomic E-state index is 11.5. The molecule has 2 aliphatic rings. The number of rotatable bonds is 9. The lowest BCUT2D eigenvalue weighted by molar-refractivity contribution is -0.147. The number of aliphatic hydroxyl groups excluding tert-OH is 1. The van der Waals surface area contributed by atoms with Crippen LogP contribution in [0, 0.1) is 11.8 Å². The number of carbonyl (C=O) groups excluding carboxylic acids is 1. The molecule has 2 aromatic carbocycles. The molecule has 4 rings (SSSR count). The molecule has 35 heavy (non-hydrogen) atoms. The number of esters is 1. The molecule has 2 aliphatic heterocycles. The Hall–Kier alpha value is -3.37. The Morgan fingerprint density at radius 2 is 1.60 bits per heavy atom. The van der Waals surface area contributed by atoms with Gasteiger partial charge in [0.1, 0.15) is 0 Å². The number of benzene rings is 2. The number of hydrogen-bond donors (Lipinski definition) is 1. The highest BCUT2D eigenvalue weighted by Gasteiger charge is 2.43. The second kappa shape index (κ2) is 10.5. The lowest BCUT2D eigenvalue weighted by atomic mass is 9.75. The zero-order valence-electron chi connectivity index (χ0n) is 20.4. The largest absolute Gasteiger partial charge is 0.493 e. The van der Waals surface area contributed by atoms with Crippen molar-refractivity contribution in [2.75, 3.05) is 48.4 Å². The van der Waals surface area contributed by atoms with Crippen LogP contribution in [0.4, 0.5) is 0 Å². The molecule has 0 spiro atoms. The van der Waals surface area contributed by atoms with Gasteiger partial charge in [0.2, 0.25) is 18.3 Å². The van der Waals surface area contributed by atoms with E-state index in [-0.39, 0.29) is 31.8 Å². The Kier molecular flexibility index (Phi) is 7.42. The van der Waals surface area contributed by atoms with Crippen LogP contribution in [0.1, 0.15) is 24.0 Å². The molecule has 190 valence electrons. The van der Waals surface area contributed by atoms with Gasteiger partial charge in [-0.3, -0.25) is 4.79 Å². The fourth-order valence-electron chi connectivity index (χ4n) is 4.73. The first-order valence-corrected chi connectivity index (χ1v) is 11.1. The van der Waals surface area contributed by atoms with Crippen LogP contribution in [-0.4, -0.2) is 65.8 Å². The number of fused-ring (bicyclic) bond motifs is 1. The van der Waals surface area contributed by atoms with E-state index < -0.39 is 18.2 Å². The third-order valence-corrected chi connectivity index (χ3v) is 6.37. The molecule has 0 radical (unpaired) electrons. The summed E-state index contributed by atoms with van der Waals surface area (Å²) in [5.74, 6) is 1.46. The summed E-state index contributed by atoms with van der Waals surface area (Å²) in [6.07, 6.45) is -1.10. The summed E-state index contributed by atoms with van der Waals surface area (Å²) >= 11 is 0. The van der Waals surface area contributed by atoms with Gasteiger partial charge in [0, 0.05) is 24.7 Å². The van der Waals surface area contributed by atoms with Crippen LogP contribution < -0.4 is 28.4 Å². The molecule has 0 aliphatic carbocycles. The van der Waals surface area contributed by atoms with Crippen LogP contribution in [0.5, 0.6) is 34.5 Å². The van der Waals surface area contributed by atoms with Crippen molar-refractivity contribution < 1.29 is 47.8 Å². The smallest absolute Gasteiger partial charge is 0.302 e. The van der Waals surface area contributed by atoms with Gasteiger partial charge >= 0.3 is 5.97 Å². The fourth-order valence-corrected chi connectivity index (χ4v) is 4.73. The Bertz CT molecular complexity index is 1040. The van der Waals surface area contributed by atoms with Gasteiger partial charge in [-0.05, 0) is 35.4 Å². The molecule has 1 N–H and O–H groups in total. The van der Waals surface area contributed by atoms with Gasteiger partial charge < -0.3 is 43.0 Å². The molecule has 2 heterocycles. The monoisotopic (exact) mass is 490 g/mol. The van der Waals surface area contributed by atoms with Crippen molar-refractivity contribution in [2.24, 2.45) is 11.8 Å². The van der Waals surface area contributed by atoms with E-state index in [0.717, 1.165) is 11.1 Å². The van der Waals surface area contributed by atoms with Crippen molar-refractivity contribution in [2.45, 2.75) is 19.1 Å². The highest BCUT2D eigenvalue weighted by atomic mass is 16.7. The molecule has 1 fully saturated rings. The van der Waals surface area contributed by atoms with Crippen molar-refractivity contribution in [3.05, 3.63) is 35.4 Å². The highest BCUT2D eigenvalue weighted by Crippen LogP contribution is 2.50. The summed E-state index contributed by atoms with van der Waals surface area (Å²) in [7, 11) is 6.19. The van der Waals surface area contributed by atoms with Gasteiger partial charge in [0.25, 0.3) is 0 Å². The predicted molar refractivity (Wildman–Crippen MR) is 123 cm³/mol. The lowest BCUT2D eigenvalue weighted by Gasteiger charge is -2.30. The Morgan fingerprint density at radius 1 is 0.971 bits per heavy atom. The fraction of sp³-hybridized carbons (Fsp3) is 0.480. The van der Waals surface area contributed by atoms with Crippen molar-refractivity contribution in [1.82, 2.24) is 0 Å². The Balaban J connectivity index is 1.88. The van der Waals surface area contributed by atoms with E-state index in [1.165, 1.54) is 14.0 Å². The molecule has 0 saturated carbocycles. The van der Waals surface area contributed by atoms with E-state index in [2.05, 4.69) is 0 Å². The van der Waals surface area contributed by atoms with Gasteiger partial charge in [0.15, 0.2) is 29.3 Å². The first kappa shape index (κ1) is 24.7. The van der Waals surface area contributed by atoms with Crippen molar-refractivity contribution in [1.29, 1.82) is 0 Å². The molecule has 0 aromatic heterocycles. The molecular weight excluding hydrogens is 460 g/mol. The van der Waals surface area contributed by atoms with E-state index in [1.807, 2.05) is 24.3 Å². The maximum Gasteiger partial charge on any atom is 0.302 e. The lowest BCUT2D eigenvalue weighted by Crippen LogP contribution is -2.30. The van der Waals surface area contributed by atoms with E-state index in [0.29, 0.717) is 34.5 Å². The summed E-state index contributed by atoms with van der Waals surface area (Å²) in [4.78, 5) is 11.5. The first-order chi connectivity index (χ1) is 16.9. The molecule has 1 saturated heterocycles. The van der Waals surface area contributed by atoms with Crippen LogP contribution in [0.25, 0.3) is 0 Å². The predicted octanol–water partition coefficient (Wildman–Crippen LogP) is 2.73. The second-order valence-corrected chi connectivity index (χ2v) is 8.25. The van der Waals surface area contributed by atoms with Crippen LogP contribution in [0.3, 0.4) is 0 Å². The van der Waals surface area contributed by atoms with Crippen molar-refractivity contribution in [3.63, 3.8) is 0 Å². The third-order valence-electron chi connectivity index (χ3n) is 6.37. The van der Waals surface area contributed by atoms with E-state index in [1.54, 1.807) is 21.3 Å². The summed E-state index contributed by atoms with van der Waals surface area (Å²) in [6, 6.07) is 7.47. The minimum atomic E-state index is -1.10. The summed E-state index contributed by atoms with van der Waals surface area (Å²) in [5, 5.41) is 10.6. The molecule has 2 aromatic rings. The standard InChI is InChI=1S/C25H30O10/c1-13(26)32-11-17-16(10-33-25(17)27)22(14-6-18(28-2)23(31-5)19(7-14)29-3)15-8-20(30-4)24-21(9-15)34-12-35-24/h6-9,16-17,22,25,27H,10-12H2,1-5H3/t16-,17-,22+,25-/m1/s1. The number of methoxy groups -OCH3 is 4. The molecule has 10 heteroatoms. The van der Waals surface area contributed by atoms with Gasteiger partial charge in [-0.25, -0.2) is 0 Å². The zero-order chi connectivity index (χ0) is 25.1. The van der Waals surface area contributed by atoms with Crippen molar-refractivity contribution in [3.8, 4) is 34.5 Å². The molecule has 0 bridgehead atoms. The van der Waals surface area contributed by atoms with Gasteiger partial charge in [0.05, 0.1) is 41.7 Å². The minimum absolute atomic E-state index is 0.00375. The quantitative estimate of drug-likeness (QED) is 0.527. The van der Waals surface area contributed by atoms with Gasteiger partial charge in [-0.2, -0.15) is 0 Å². The molecule has 4 atom stereocenters. The number of ether oxygens (including phenoxy) is 8. The highest BCUT2D eigenvalue weighted by molar-refractivity contribution is 5.66. The molecule has 0 unspecified atom stereocenters. The topological polar surface area (TPSA) is 111 Å². The van der Waals surface area contributed by atoms with Gasteiger partial charge in [-0.1, -0.05) is 0 Å². The van der Waals surface area contributed by atoms with E-state index >= 15 is 0 Å². The summed E-state index contributed by atoms with van der Waals surface area (Å²) in [5.41, 5.74) is 1.65. The van der Waals surface area contributed by atoms with Crippen LogP contribution >= 0.6 is 0 Å². The third kappa shape index (κ3) is 4.76. The van der Waals surface area contributed by atoms with Gasteiger partial charge in [-0.15, -0.1) is 0 Å². The maximum atomic E-state index is 11.5. The first-order valence-electron chi connectivity index (χ1n) is 11.1. The SMILES string of the molecule is COc1cc([C@@H](c2cc(OC)c3c(c2)OCO3)[C@@H]2CO[C@@H](O)[C@@H]2COC(C)=O)cc(OC)c1OC. The summed E-state index contributed by atoms with van der Waals surface area (Å²) < 4.78 is 44.4. The van der Waals surface area contributed by atoms with Crippen molar-refractivity contribution >= 4 is 5.97 Å². The van der Waals surface area contributed by atoms with Crippen LogP contribution in [-0.2, 0) is 14.3 Å².